The molecule has 3 heterocycles. The van der Waals surface area contributed by atoms with E-state index in [1.54, 1.807) is 0 Å². The van der Waals surface area contributed by atoms with Crippen molar-refractivity contribution in [2.45, 2.75) is 0 Å². The molecular formula is C57H36N4S. The van der Waals surface area contributed by atoms with Crippen molar-refractivity contribution < 1.29 is 0 Å². The van der Waals surface area contributed by atoms with Crippen LogP contribution in [0.15, 0.2) is 218 Å². The van der Waals surface area contributed by atoms with Crippen molar-refractivity contribution in [3.05, 3.63) is 218 Å². The van der Waals surface area contributed by atoms with E-state index in [9.17, 15) is 0 Å². The molecule has 0 saturated carbocycles. The highest BCUT2D eigenvalue weighted by molar-refractivity contribution is 7.26. The Kier molecular flexibility index (Phi) is 8.65. The molecule has 0 aliphatic rings. The Labute approximate surface area is 362 Å². The molecule has 0 saturated heterocycles. The van der Waals surface area contributed by atoms with Crippen molar-refractivity contribution in [3.63, 3.8) is 0 Å². The van der Waals surface area contributed by atoms with Gasteiger partial charge in [0.05, 0.1) is 16.7 Å². The average molecular weight is 809 g/mol. The zero-order valence-corrected chi connectivity index (χ0v) is 34.3. The molecule has 0 atom stereocenters. The summed E-state index contributed by atoms with van der Waals surface area (Å²) < 4.78 is 4.98. The van der Waals surface area contributed by atoms with E-state index >= 15 is 0 Å². The predicted molar refractivity (Wildman–Crippen MR) is 260 cm³/mol. The molecule has 0 aliphatic carbocycles. The van der Waals surface area contributed by atoms with Crippen LogP contribution in [0.2, 0.25) is 0 Å². The maximum Gasteiger partial charge on any atom is 0.164 e. The van der Waals surface area contributed by atoms with Crippen molar-refractivity contribution >= 4 is 53.3 Å². The van der Waals surface area contributed by atoms with Crippen LogP contribution in [0.3, 0.4) is 0 Å². The number of fused-ring (bicyclic) bond motifs is 6. The first kappa shape index (κ1) is 35.9. The summed E-state index contributed by atoms with van der Waals surface area (Å²) >= 11 is 1.85. The molecule has 290 valence electrons. The van der Waals surface area contributed by atoms with Gasteiger partial charge in [0.2, 0.25) is 0 Å². The van der Waals surface area contributed by atoms with Crippen LogP contribution in [-0.2, 0) is 0 Å². The van der Waals surface area contributed by atoms with Gasteiger partial charge < -0.3 is 4.57 Å². The topological polar surface area (TPSA) is 43.6 Å². The van der Waals surface area contributed by atoms with Crippen LogP contribution >= 0.6 is 11.3 Å². The van der Waals surface area contributed by atoms with Gasteiger partial charge in [0, 0.05) is 53.2 Å². The Morgan fingerprint density at radius 2 is 0.790 bits per heavy atom. The maximum atomic E-state index is 5.33. The molecule has 9 aromatic carbocycles. The summed E-state index contributed by atoms with van der Waals surface area (Å²) in [6, 6.07) is 77.4. The molecule has 62 heavy (non-hydrogen) atoms. The molecule has 12 aromatic rings. The SMILES string of the molecule is c1ccc(-c2ccccc2-c2nc(-c3ccc(-c4cccc5c4sc4ccccc45)cc3)nc(-c3ccc(-c4ccccc4)c(-n4c5ccccc5c5ccccc54)c3)n2)cc1. The van der Waals surface area contributed by atoms with Gasteiger partial charge in [0.15, 0.2) is 17.5 Å². The minimum Gasteiger partial charge on any atom is -0.309 e. The van der Waals surface area contributed by atoms with Gasteiger partial charge in [-0.1, -0.05) is 194 Å². The number of benzene rings is 9. The van der Waals surface area contributed by atoms with Crippen LogP contribution in [0, 0.1) is 0 Å². The number of para-hydroxylation sites is 2. The zero-order valence-electron chi connectivity index (χ0n) is 33.5. The van der Waals surface area contributed by atoms with E-state index in [-0.39, 0.29) is 0 Å². The normalized spacial score (nSPS) is 11.5. The number of hydrogen-bond donors (Lipinski definition) is 0. The fraction of sp³-hybridized carbons (Fsp3) is 0. The summed E-state index contributed by atoms with van der Waals surface area (Å²) in [5.41, 5.74) is 12.9. The second-order valence-electron chi connectivity index (χ2n) is 15.5. The average Bonchev–Trinajstić information content (AvgIpc) is 3.90. The predicted octanol–water partition coefficient (Wildman–Crippen LogP) is 15.3. The quantitative estimate of drug-likeness (QED) is 0.161. The van der Waals surface area contributed by atoms with E-state index in [1.807, 2.05) is 17.4 Å². The lowest BCUT2D eigenvalue weighted by Crippen LogP contribution is -2.03. The van der Waals surface area contributed by atoms with E-state index < -0.39 is 0 Å². The summed E-state index contributed by atoms with van der Waals surface area (Å²) in [5, 5.41) is 5.00. The first-order valence-electron chi connectivity index (χ1n) is 20.9. The Balaban J connectivity index is 1.06. The van der Waals surface area contributed by atoms with Gasteiger partial charge in [-0.3, -0.25) is 0 Å². The second kappa shape index (κ2) is 14.9. The lowest BCUT2D eigenvalue weighted by atomic mass is 9.98. The summed E-state index contributed by atoms with van der Waals surface area (Å²) in [5.74, 6) is 1.84. The van der Waals surface area contributed by atoms with Gasteiger partial charge in [-0.05, 0) is 52.1 Å². The highest BCUT2D eigenvalue weighted by Gasteiger charge is 2.20. The number of hydrogen-bond acceptors (Lipinski definition) is 4. The third-order valence-corrected chi connectivity index (χ3v) is 13.1. The summed E-state index contributed by atoms with van der Waals surface area (Å²) in [7, 11) is 0. The Bertz CT molecular complexity index is 3570. The van der Waals surface area contributed by atoms with Crippen LogP contribution < -0.4 is 0 Å². The van der Waals surface area contributed by atoms with Crippen molar-refractivity contribution in [3.8, 4) is 73.2 Å². The van der Waals surface area contributed by atoms with Crippen molar-refractivity contribution in [2.75, 3.05) is 0 Å². The van der Waals surface area contributed by atoms with E-state index in [4.69, 9.17) is 15.0 Å². The Hall–Kier alpha value is -7.99. The third kappa shape index (κ3) is 6.09. The third-order valence-electron chi connectivity index (χ3n) is 11.9. The number of nitrogens with zero attached hydrogens (tertiary/aromatic N) is 4. The molecule has 3 aromatic heterocycles. The van der Waals surface area contributed by atoms with E-state index in [1.165, 1.54) is 36.5 Å². The molecule has 0 spiro atoms. The maximum absolute atomic E-state index is 5.33. The highest BCUT2D eigenvalue weighted by atomic mass is 32.1. The van der Waals surface area contributed by atoms with Crippen molar-refractivity contribution in [1.82, 2.24) is 19.5 Å². The molecule has 0 N–H and O–H groups in total. The number of aromatic nitrogens is 4. The van der Waals surface area contributed by atoms with E-state index in [2.05, 4.69) is 217 Å². The molecule has 4 nitrogen and oxygen atoms in total. The second-order valence-corrected chi connectivity index (χ2v) is 16.6. The lowest BCUT2D eigenvalue weighted by molar-refractivity contribution is 1.07. The zero-order chi connectivity index (χ0) is 41.0. The number of rotatable bonds is 7. The highest BCUT2D eigenvalue weighted by Crippen LogP contribution is 2.42. The van der Waals surface area contributed by atoms with Crippen LogP contribution in [0.4, 0.5) is 0 Å². The van der Waals surface area contributed by atoms with Crippen LogP contribution in [0.5, 0.6) is 0 Å². The fourth-order valence-corrected chi connectivity index (χ4v) is 10.2. The van der Waals surface area contributed by atoms with Crippen molar-refractivity contribution in [2.24, 2.45) is 0 Å². The minimum atomic E-state index is 0.605. The molecule has 12 rings (SSSR count). The Morgan fingerprint density at radius 1 is 0.306 bits per heavy atom. The van der Waals surface area contributed by atoms with Gasteiger partial charge >= 0.3 is 0 Å². The lowest BCUT2D eigenvalue weighted by Gasteiger charge is -2.17. The summed E-state index contributed by atoms with van der Waals surface area (Å²) in [6.45, 7) is 0. The first-order chi connectivity index (χ1) is 30.7. The molecular weight excluding hydrogens is 773 g/mol. The van der Waals surface area contributed by atoms with Crippen LogP contribution in [-0.4, -0.2) is 19.5 Å². The molecule has 0 fully saturated rings. The molecule has 0 aliphatic heterocycles. The van der Waals surface area contributed by atoms with E-state index in [0.717, 1.165) is 61.2 Å². The summed E-state index contributed by atoms with van der Waals surface area (Å²) in [4.78, 5) is 15.9. The van der Waals surface area contributed by atoms with Crippen LogP contribution in [0.25, 0.3) is 115 Å². The van der Waals surface area contributed by atoms with Gasteiger partial charge in [-0.15, -0.1) is 11.3 Å². The van der Waals surface area contributed by atoms with E-state index in [0.29, 0.717) is 17.5 Å². The number of thiophene rings is 1. The van der Waals surface area contributed by atoms with Gasteiger partial charge in [-0.25, -0.2) is 15.0 Å². The monoisotopic (exact) mass is 808 g/mol. The molecule has 0 amide bonds. The van der Waals surface area contributed by atoms with Gasteiger partial charge in [0.25, 0.3) is 0 Å². The van der Waals surface area contributed by atoms with Crippen molar-refractivity contribution in [1.29, 1.82) is 0 Å². The smallest absolute Gasteiger partial charge is 0.164 e. The first-order valence-corrected chi connectivity index (χ1v) is 21.7. The molecule has 5 heteroatoms. The standard InChI is InChI=1S/C57H36N4S/c1-3-16-37(17-4-1)42-20-7-8-24-49(42)57-59-55(40-32-30-39(31-33-40)44-25-15-26-48-47-23-11-14-29-53(47)62-54(44)48)58-56(60-57)41-34-35-43(38-18-5-2-6-19-38)52(36-41)61-50-27-12-9-21-45(50)46-22-10-13-28-51(46)61/h1-36H. The molecule has 0 bridgehead atoms. The largest absolute Gasteiger partial charge is 0.309 e. The minimum absolute atomic E-state index is 0.605. The van der Waals surface area contributed by atoms with Gasteiger partial charge in [0.1, 0.15) is 0 Å². The van der Waals surface area contributed by atoms with Crippen LogP contribution in [0.1, 0.15) is 0 Å². The molecule has 0 unspecified atom stereocenters. The Morgan fingerprint density at radius 3 is 1.50 bits per heavy atom. The molecule has 0 radical (unpaired) electrons. The van der Waals surface area contributed by atoms with Gasteiger partial charge in [-0.2, -0.15) is 0 Å². The summed E-state index contributed by atoms with van der Waals surface area (Å²) in [6.07, 6.45) is 0. The fourth-order valence-electron chi connectivity index (χ4n) is 8.98.